The minimum absolute atomic E-state index is 0.222. The van der Waals surface area contributed by atoms with E-state index in [2.05, 4.69) is 4.74 Å². The van der Waals surface area contributed by atoms with Crippen molar-refractivity contribution in [1.29, 1.82) is 0 Å². The van der Waals surface area contributed by atoms with Gasteiger partial charge < -0.3 is 9.84 Å². The summed E-state index contributed by atoms with van der Waals surface area (Å²) < 4.78 is 4.21. The Balaban J connectivity index is 0. The number of carboxylic acids is 1. The lowest BCUT2D eigenvalue weighted by molar-refractivity contribution is -0.158. The summed E-state index contributed by atoms with van der Waals surface area (Å²) in [6.07, 6.45) is 1.26. The molecule has 0 fully saturated rings. The standard InChI is InChI=1S/C6H10O3.C3H6O2/c1-3-4-6(8)9-5(2)7;1-2-3(4)5/h3-4H2,1-2H3;2H2,1H3,(H,4,5). The first-order valence-corrected chi connectivity index (χ1v) is 4.37. The first-order chi connectivity index (χ1) is 6.43. The lowest BCUT2D eigenvalue weighted by Gasteiger charge is -1.94. The van der Waals surface area contributed by atoms with E-state index in [4.69, 9.17) is 5.11 Å². The van der Waals surface area contributed by atoms with Crippen molar-refractivity contribution in [1.82, 2.24) is 0 Å². The molecule has 0 aromatic carbocycles. The first kappa shape index (κ1) is 15.1. The van der Waals surface area contributed by atoms with E-state index in [0.717, 1.165) is 0 Å². The van der Waals surface area contributed by atoms with Crippen LogP contribution in [-0.4, -0.2) is 23.0 Å². The quantitative estimate of drug-likeness (QED) is 0.554. The van der Waals surface area contributed by atoms with Crippen molar-refractivity contribution < 1.29 is 24.2 Å². The third-order valence-electron chi connectivity index (χ3n) is 1.01. The molecule has 0 spiro atoms. The Kier molecular flexibility index (Phi) is 10.5. The number of ether oxygens (including phenoxy) is 1. The van der Waals surface area contributed by atoms with E-state index in [1.165, 1.54) is 6.92 Å². The van der Waals surface area contributed by atoms with Crippen molar-refractivity contribution in [2.45, 2.75) is 40.0 Å². The molecule has 0 aliphatic rings. The second-order valence-electron chi connectivity index (χ2n) is 2.46. The van der Waals surface area contributed by atoms with Crippen molar-refractivity contribution in [2.75, 3.05) is 0 Å². The molecule has 82 valence electrons. The van der Waals surface area contributed by atoms with Gasteiger partial charge in [-0.15, -0.1) is 0 Å². The Hall–Kier alpha value is -1.39. The van der Waals surface area contributed by atoms with Crippen LogP contribution in [0.25, 0.3) is 0 Å². The zero-order valence-corrected chi connectivity index (χ0v) is 8.70. The summed E-state index contributed by atoms with van der Waals surface area (Å²) in [5.74, 6) is -1.72. The van der Waals surface area contributed by atoms with Crippen LogP contribution in [0.3, 0.4) is 0 Å². The topological polar surface area (TPSA) is 80.7 Å². The third kappa shape index (κ3) is 16.9. The average Bonchev–Trinajstić information content (AvgIpc) is 2.04. The molecule has 1 N–H and O–H groups in total. The number of carboxylic acid groups (broad SMARTS) is 1. The summed E-state index contributed by atoms with van der Waals surface area (Å²) in [7, 11) is 0. The Labute approximate surface area is 83.1 Å². The summed E-state index contributed by atoms with van der Waals surface area (Å²) in [6.45, 7) is 4.66. The summed E-state index contributed by atoms with van der Waals surface area (Å²) >= 11 is 0. The molecule has 0 aliphatic carbocycles. The lowest BCUT2D eigenvalue weighted by Crippen LogP contribution is -2.07. The highest BCUT2D eigenvalue weighted by Crippen LogP contribution is 1.90. The van der Waals surface area contributed by atoms with E-state index >= 15 is 0 Å². The fourth-order valence-electron chi connectivity index (χ4n) is 0.415. The van der Waals surface area contributed by atoms with Gasteiger partial charge >= 0.3 is 17.9 Å². The average molecular weight is 204 g/mol. The van der Waals surface area contributed by atoms with Crippen LogP contribution >= 0.6 is 0 Å². The summed E-state index contributed by atoms with van der Waals surface area (Å²) in [5, 5.41) is 7.72. The van der Waals surface area contributed by atoms with Crippen molar-refractivity contribution in [3.63, 3.8) is 0 Å². The van der Waals surface area contributed by atoms with Gasteiger partial charge in [0.15, 0.2) is 0 Å². The Morgan fingerprint density at radius 3 is 1.86 bits per heavy atom. The zero-order valence-electron chi connectivity index (χ0n) is 8.70. The minimum Gasteiger partial charge on any atom is -0.481 e. The van der Waals surface area contributed by atoms with Crippen LogP contribution < -0.4 is 0 Å². The molecule has 0 heterocycles. The first-order valence-electron chi connectivity index (χ1n) is 4.37. The Morgan fingerprint density at radius 2 is 1.64 bits per heavy atom. The van der Waals surface area contributed by atoms with E-state index in [0.29, 0.717) is 12.8 Å². The number of rotatable bonds is 3. The Morgan fingerprint density at radius 1 is 1.21 bits per heavy atom. The van der Waals surface area contributed by atoms with Gasteiger partial charge in [0.2, 0.25) is 0 Å². The highest BCUT2D eigenvalue weighted by Gasteiger charge is 2.02. The highest BCUT2D eigenvalue weighted by atomic mass is 16.6. The number of carbonyl (C=O) groups excluding carboxylic acids is 2. The van der Waals surface area contributed by atoms with Gasteiger partial charge in [-0.1, -0.05) is 13.8 Å². The van der Waals surface area contributed by atoms with Gasteiger partial charge in [-0.25, -0.2) is 0 Å². The van der Waals surface area contributed by atoms with E-state index in [1.807, 2.05) is 6.92 Å². The van der Waals surface area contributed by atoms with Gasteiger partial charge in [0, 0.05) is 19.8 Å². The molecule has 0 atom stereocenters. The van der Waals surface area contributed by atoms with Crippen molar-refractivity contribution in [2.24, 2.45) is 0 Å². The van der Waals surface area contributed by atoms with E-state index < -0.39 is 17.9 Å². The fourth-order valence-corrected chi connectivity index (χ4v) is 0.415. The molecule has 0 rings (SSSR count). The van der Waals surface area contributed by atoms with E-state index in [-0.39, 0.29) is 6.42 Å². The maximum atomic E-state index is 10.4. The van der Waals surface area contributed by atoms with Gasteiger partial charge in [0.05, 0.1) is 0 Å². The van der Waals surface area contributed by atoms with E-state index in [1.54, 1.807) is 6.92 Å². The van der Waals surface area contributed by atoms with Crippen molar-refractivity contribution in [3.05, 3.63) is 0 Å². The molecule has 0 aliphatic heterocycles. The monoisotopic (exact) mass is 204 g/mol. The maximum Gasteiger partial charge on any atom is 0.313 e. The molecule has 0 saturated heterocycles. The van der Waals surface area contributed by atoms with Crippen LogP contribution in [0.4, 0.5) is 0 Å². The van der Waals surface area contributed by atoms with Crippen LogP contribution in [0.1, 0.15) is 40.0 Å². The zero-order chi connectivity index (χ0) is 11.6. The van der Waals surface area contributed by atoms with Crippen LogP contribution in [-0.2, 0) is 19.1 Å². The summed E-state index contributed by atoms with van der Waals surface area (Å²) in [4.78, 5) is 29.9. The Bertz CT molecular complexity index is 197. The fraction of sp³-hybridized carbons (Fsp3) is 0.667. The maximum absolute atomic E-state index is 10.4. The SMILES string of the molecule is CCC(=O)O.CCCC(=O)OC(C)=O. The summed E-state index contributed by atoms with van der Waals surface area (Å²) in [6, 6.07) is 0. The molecular weight excluding hydrogens is 188 g/mol. The highest BCUT2D eigenvalue weighted by molar-refractivity contribution is 5.83. The van der Waals surface area contributed by atoms with Crippen molar-refractivity contribution >= 4 is 17.9 Å². The molecule has 14 heavy (non-hydrogen) atoms. The molecule has 5 heteroatoms. The third-order valence-corrected chi connectivity index (χ3v) is 1.01. The number of hydrogen-bond acceptors (Lipinski definition) is 4. The molecule has 5 nitrogen and oxygen atoms in total. The van der Waals surface area contributed by atoms with Gasteiger partial charge in [-0.2, -0.15) is 0 Å². The molecule has 0 aromatic rings. The lowest BCUT2D eigenvalue weighted by atomic mass is 10.3. The van der Waals surface area contributed by atoms with Gasteiger partial charge in [-0.3, -0.25) is 14.4 Å². The number of aliphatic carboxylic acids is 1. The molecule has 0 radical (unpaired) electrons. The predicted molar refractivity (Wildman–Crippen MR) is 49.6 cm³/mol. The molecular formula is C9H16O5. The summed E-state index contributed by atoms with van der Waals surface area (Å²) in [5.41, 5.74) is 0. The smallest absolute Gasteiger partial charge is 0.313 e. The van der Waals surface area contributed by atoms with Crippen LogP contribution in [0, 0.1) is 0 Å². The van der Waals surface area contributed by atoms with Gasteiger partial charge in [0.1, 0.15) is 0 Å². The molecule has 0 aromatic heterocycles. The van der Waals surface area contributed by atoms with Gasteiger partial charge in [-0.05, 0) is 6.42 Å². The predicted octanol–water partition coefficient (Wildman–Crippen LogP) is 1.36. The van der Waals surface area contributed by atoms with Crippen LogP contribution in [0.5, 0.6) is 0 Å². The normalized spacial score (nSPS) is 8.21. The van der Waals surface area contributed by atoms with Gasteiger partial charge in [0.25, 0.3) is 0 Å². The van der Waals surface area contributed by atoms with Crippen molar-refractivity contribution in [3.8, 4) is 0 Å². The largest absolute Gasteiger partial charge is 0.481 e. The molecule has 0 bridgehead atoms. The number of carbonyl (C=O) groups is 3. The number of esters is 2. The second-order valence-corrected chi connectivity index (χ2v) is 2.46. The van der Waals surface area contributed by atoms with Crippen LogP contribution in [0.15, 0.2) is 0 Å². The molecule has 0 amide bonds. The number of hydrogen-bond donors (Lipinski definition) is 1. The van der Waals surface area contributed by atoms with Crippen LogP contribution in [0.2, 0.25) is 0 Å². The molecule has 0 saturated carbocycles. The second kappa shape index (κ2) is 9.70. The van der Waals surface area contributed by atoms with E-state index in [9.17, 15) is 14.4 Å². The molecule has 0 unspecified atom stereocenters. The minimum atomic E-state index is -0.745.